The number of aliphatic imine (C=N–C) groups is 1. The third kappa shape index (κ3) is 7.27. The number of guanidine groups is 1. The molecule has 142 valence electrons. The number of nitrogens with zero attached hydrogens (tertiary/aromatic N) is 1. The van der Waals surface area contributed by atoms with E-state index >= 15 is 0 Å². The second kappa shape index (κ2) is 10.7. The highest BCUT2D eigenvalue weighted by atomic mass is 127. The minimum atomic E-state index is -4.43. The molecule has 25 heavy (non-hydrogen) atoms. The number of alkyl halides is 3. The van der Waals surface area contributed by atoms with Crippen LogP contribution in [0.25, 0.3) is 0 Å². The first-order valence-electron chi connectivity index (χ1n) is 7.86. The molecule has 1 heterocycles. The molecule has 0 bridgehead atoms. The minimum absolute atomic E-state index is 0. The molecule has 2 N–H and O–H groups in total. The van der Waals surface area contributed by atoms with E-state index in [0.29, 0.717) is 19.0 Å². The van der Waals surface area contributed by atoms with E-state index in [1.165, 1.54) is 18.2 Å². The maximum absolute atomic E-state index is 12.9. The number of halogens is 4. The van der Waals surface area contributed by atoms with Crippen LogP contribution in [0.5, 0.6) is 5.75 Å². The summed E-state index contributed by atoms with van der Waals surface area (Å²) >= 11 is 0. The quantitative estimate of drug-likeness (QED) is 0.289. The fourth-order valence-electron chi connectivity index (χ4n) is 2.39. The predicted octanol–water partition coefficient (Wildman–Crippen LogP) is 3.05. The molecule has 1 fully saturated rings. The first-order chi connectivity index (χ1) is 11.5. The van der Waals surface area contributed by atoms with Crippen LogP contribution < -0.4 is 15.4 Å². The molecule has 1 aromatic rings. The van der Waals surface area contributed by atoms with Crippen LogP contribution in [0.3, 0.4) is 0 Å². The molecule has 0 radical (unpaired) electrons. The molecule has 1 aromatic carbocycles. The van der Waals surface area contributed by atoms with E-state index in [2.05, 4.69) is 15.6 Å². The van der Waals surface area contributed by atoms with Gasteiger partial charge in [-0.3, -0.25) is 4.99 Å². The van der Waals surface area contributed by atoms with Gasteiger partial charge in [-0.2, -0.15) is 13.2 Å². The molecule has 0 aromatic heterocycles. The Bertz CT molecular complexity index is 550. The Morgan fingerprint density at radius 3 is 2.72 bits per heavy atom. The van der Waals surface area contributed by atoms with Gasteiger partial charge in [0.15, 0.2) is 5.96 Å². The maximum atomic E-state index is 12.9. The minimum Gasteiger partial charge on any atom is -0.491 e. The van der Waals surface area contributed by atoms with E-state index in [0.717, 1.165) is 25.5 Å². The van der Waals surface area contributed by atoms with Crippen molar-refractivity contribution in [3.63, 3.8) is 0 Å². The van der Waals surface area contributed by atoms with Crippen molar-refractivity contribution < 1.29 is 22.6 Å². The van der Waals surface area contributed by atoms with E-state index in [1.807, 2.05) is 0 Å². The van der Waals surface area contributed by atoms with Crippen molar-refractivity contribution in [1.82, 2.24) is 10.6 Å². The van der Waals surface area contributed by atoms with Crippen LogP contribution in [0.1, 0.15) is 18.4 Å². The lowest BCUT2D eigenvalue weighted by atomic mass is 10.2. The van der Waals surface area contributed by atoms with Crippen LogP contribution >= 0.6 is 24.0 Å². The molecule has 1 atom stereocenters. The largest absolute Gasteiger partial charge is 0.491 e. The number of benzene rings is 1. The Labute approximate surface area is 162 Å². The van der Waals surface area contributed by atoms with Crippen LogP contribution in [0.15, 0.2) is 29.3 Å². The Morgan fingerprint density at radius 2 is 2.08 bits per heavy atom. The zero-order chi connectivity index (χ0) is 17.4. The Hall–Kier alpha value is -1.23. The fourth-order valence-corrected chi connectivity index (χ4v) is 2.39. The highest BCUT2D eigenvalue weighted by Crippen LogP contribution is 2.35. The number of ether oxygens (including phenoxy) is 2. The lowest BCUT2D eigenvalue weighted by molar-refractivity contribution is -0.138. The van der Waals surface area contributed by atoms with Crippen molar-refractivity contribution in [3.8, 4) is 5.75 Å². The molecule has 1 unspecified atom stereocenters. The summed E-state index contributed by atoms with van der Waals surface area (Å²) in [6.45, 7) is 1.85. The monoisotopic (exact) mass is 473 g/mol. The Morgan fingerprint density at radius 1 is 1.32 bits per heavy atom. The van der Waals surface area contributed by atoms with Gasteiger partial charge in [-0.15, -0.1) is 24.0 Å². The number of para-hydroxylation sites is 1. The second-order valence-electron chi connectivity index (χ2n) is 5.36. The molecular weight excluding hydrogens is 450 g/mol. The van der Waals surface area contributed by atoms with Crippen LogP contribution in [0.2, 0.25) is 0 Å². The van der Waals surface area contributed by atoms with Crippen molar-refractivity contribution in [3.05, 3.63) is 29.8 Å². The number of hydrogen-bond acceptors (Lipinski definition) is 3. The highest BCUT2D eigenvalue weighted by molar-refractivity contribution is 14.0. The van der Waals surface area contributed by atoms with Crippen LogP contribution in [-0.2, 0) is 10.9 Å². The average Bonchev–Trinajstić information content (AvgIpc) is 3.07. The van der Waals surface area contributed by atoms with Gasteiger partial charge in [0.2, 0.25) is 0 Å². The standard InChI is InChI=1S/C16H22F3N3O2.HI/c1-20-15(22-11-12-5-4-9-23-12)21-8-10-24-14-7-3-2-6-13(14)16(17,18)19;/h2-3,6-7,12H,4-5,8-11H2,1H3,(H2,20,21,22);1H. The van der Waals surface area contributed by atoms with E-state index < -0.39 is 11.7 Å². The lowest BCUT2D eigenvalue weighted by Crippen LogP contribution is -2.42. The van der Waals surface area contributed by atoms with Gasteiger partial charge in [-0.1, -0.05) is 12.1 Å². The van der Waals surface area contributed by atoms with E-state index in [9.17, 15) is 13.2 Å². The summed E-state index contributed by atoms with van der Waals surface area (Å²) in [6.07, 6.45) is -2.17. The van der Waals surface area contributed by atoms with Crippen molar-refractivity contribution in [1.29, 1.82) is 0 Å². The third-order valence-electron chi connectivity index (χ3n) is 3.59. The summed E-state index contributed by atoms with van der Waals surface area (Å²) in [4.78, 5) is 4.05. The van der Waals surface area contributed by atoms with E-state index in [4.69, 9.17) is 9.47 Å². The molecule has 0 saturated carbocycles. The summed E-state index contributed by atoms with van der Waals surface area (Å²) in [5.74, 6) is 0.396. The molecule has 0 spiro atoms. The lowest BCUT2D eigenvalue weighted by Gasteiger charge is -2.16. The number of rotatable bonds is 6. The Balaban J connectivity index is 0.00000312. The molecule has 2 rings (SSSR count). The van der Waals surface area contributed by atoms with Crippen molar-refractivity contribution in [2.24, 2.45) is 4.99 Å². The molecule has 5 nitrogen and oxygen atoms in total. The van der Waals surface area contributed by atoms with Gasteiger partial charge < -0.3 is 20.1 Å². The normalized spacial score (nSPS) is 17.8. The smallest absolute Gasteiger partial charge is 0.419 e. The molecule has 0 amide bonds. The van der Waals surface area contributed by atoms with Crippen LogP contribution in [0.4, 0.5) is 13.2 Å². The zero-order valence-electron chi connectivity index (χ0n) is 13.9. The average molecular weight is 473 g/mol. The van der Waals surface area contributed by atoms with Crippen molar-refractivity contribution in [2.45, 2.75) is 25.1 Å². The first-order valence-corrected chi connectivity index (χ1v) is 7.86. The van der Waals surface area contributed by atoms with E-state index in [1.54, 1.807) is 7.05 Å². The highest BCUT2D eigenvalue weighted by Gasteiger charge is 2.33. The van der Waals surface area contributed by atoms with Gasteiger partial charge in [-0.25, -0.2) is 0 Å². The van der Waals surface area contributed by atoms with Gasteiger partial charge in [0, 0.05) is 20.2 Å². The van der Waals surface area contributed by atoms with Crippen LogP contribution in [-0.4, -0.2) is 45.4 Å². The van der Waals surface area contributed by atoms with Gasteiger partial charge in [-0.05, 0) is 25.0 Å². The summed E-state index contributed by atoms with van der Waals surface area (Å²) in [6, 6.07) is 5.17. The summed E-state index contributed by atoms with van der Waals surface area (Å²) in [5, 5.41) is 6.12. The summed E-state index contributed by atoms with van der Waals surface area (Å²) in [5.41, 5.74) is -0.772. The summed E-state index contributed by atoms with van der Waals surface area (Å²) < 4.78 is 49.3. The number of nitrogens with one attached hydrogen (secondary N) is 2. The maximum Gasteiger partial charge on any atom is 0.419 e. The SMILES string of the molecule is CN=C(NCCOc1ccccc1C(F)(F)F)NCC1CCCO1.I. The van der Waals surface area contributed by atoms with Gasteiger partial charge in [0.25, 0.3) is 0 Å². The van der Waals surface area contributed by atoms with Crippen molar-refractivity contribution in [2.75, 3.05) is 33.4 Å². The van der Waals surface area contributed by atoms with Crippen molar-refractivity contribution >= 4 is 29.9 Å². The zero-order valence-corrected chi connectivity index (χ0v) is 16.3. The molecular formula is C16H23F3IN3O2. The van der Waals surface area contributed by atoms with Gasteiger partial charge in [0.1, 0.15) is 12.4 Å². The third-order valence-corrected chi connectivity index (χ3v) is 3.59. The predicted molar refractivity (Wildman–Crippen MR) is 101 cm³/mol. The molecule has 9 heteroatoms. The van der Waals surface area contributed by atoms with Crippen LogP contribution in [0, 0.1) is 0 Å². The molecule has 1 aliphatic heterocycles. The molecule has 0 aliphatic carbocycles. The topological polar surface area (TPSA) is 54.9 Å². The number of hydrogen-bond donors (Lipinski definition) is 2. The van der Waals surface area contributed by atoms with Gasteiger partial charge >= 0.3 is 6.18 Å². The van der Waals surface area contributed by atoms with E-state index in [-0.39, 0.29) is 42.4 Å². The molecule has 1 aliphatic rings. The second-order valence-corrected chi connectivity index (χ2v) is 5.36. The van der Waals surface area contributed by atoms with Gasteiger partial charge in [0.05, 0.1) is 18.2 Å². The summed E-state index contributed by atoms with van der Waals surface area (Å²) in [7, 11) is 1.63. The first kappa shape index (κ1) is 21.8. The Kier molecular flexibility index (Phi) is 9.33. The molecule has 1 saturated heterocycles. The fraction of sp³-hybridized carbons (Fsp3) is 0.562.